The topological polar surface area (TPSA) is 55.1 Å². The van der Waals surface area contributed by atoms with Gasteiger partial charge in [0.25, 0.3) is 0 Å². The lowest BCUT2D eigenvalue weighted by atomic mass is 10.3. The second-order valence-electron chi connectivity index (χ2n) is 4.83. The highest BCUT2D eigenvalue weighted by Gasteiger charge is 2.08. The summed E-state index contributed by atoms with van der Waals surface area (Å²) in [6, 6.07) is 8.70. The lowest BCUT2D eigenvalue weighted by molar-refractivity contribution is -0.113. The van der Waals surface area contributed by atoms with Crippen molar-refractivity contribution in [3.05, 3.63) is 53.9 Å². The number of thioether (sulfide) groups is 1. The lowest BCUT2D eigenvalue weighted by Crippen LogP contribution is -2.13. The normalized spacial score (nSPS) is 10.9. The molecule has 0 radical (unpaired) electrons. The number of nitrogens with zero attached hydrogens (tertiary/aromatic N) is 1. The van der Waals surface area contributed by atoms with Crippen LogP contribution < -0.4 is 5.32 Å². The van der Waals surface area contributed by atoms with Crippen LogP contribution in [0.1, 0.15) is 5.89 Å². The zero-order chi connectivity index (χ0) is 16.4. The molecule has 1 aromatic heterocycles. The smallest absolute Gasteiger partial charge is 0.234 e. The van der Waals surface area contributed by atoms with Crippen LogP contribution in [0.15, 0.2) is 45.7 Å². The molecule has 1 heterocycles. The molecule has 0 saturated carbocycles. The maximum Gasteiger partial charge on any atom is 0.234 e. The Balaban J connectivity index is 1.62. The summed E-state index contributed by atoms with van der Waals surface area (Å²) in [6.07, 6.45) is 0. The highest BCUT2D eigenvalue weighted by Crippen LogP contribution is 2.22. The van der Waals surface area contributed by atoms with Gasteiger partial charge in [-0.05, 0) is 36.4 Å². The Labute approximate surface area is 134 Å². The summed E-state index contributed by atoms with van der Waals surface area (Å²) >= 11 is 1.13. The molecule has 0 atom stereocenters. The number of oxazole rings is 1. The lowest BCUT2D eigenvalue weighted by Gasteiger charge is -2.05. The molecule has 0 fully saturated rings. The molecule has 2 aromatic carbocycles. The number of fused-ring (bicyclic) bond motifs is 1. The van der Waals surface area contributed by atoms with Crippen molar-refractivity contribution in [1.82, 2.24) is 4.98 Å². The first kappa shape index (κ1) is 15.5. The molecule has 4 nitrogen and oxygen atoms in total. The van der Waals surface area contributed by atoms with E-state index in [0.29, 0.717) is 27.6 Å². The van der Waals surface area contributed by atoms with Gasteiger partial charge in [-0.3, -0.25) is 4.79 Å². The minimum atomic E-state index is -0.928. The van der Waals surface area contributed by atoms with Crippen LogP contribution in [0, 0.1) is 18.6 Å². The first-order chi connectivity index (χ1) is 11.0. The number of carbonyl (C=O) groups excluding carboxylic acids is 1. The Morgan fingerprint density at radius 3 is 2.83 bits per heavy atom. The molecule has 0 spiro atoms. The second kappa shape index (κ2) is 6.37. The van der Waals surface area contributed by atoms with Crippen molar-refractivity contribution in [3.63, 3.8) is 0 Å². The molecule has 0 aliphatic carbocycles. The average molecular weight is 334 g/mol. The van der Waals surface area contributed by atoms with E-state index in [1.54, 1.807) is 25.1 Å². The summed E-state index contributed by atoms with van der Waals surface area (Å²) in [7, 11) is 0. The van der Waals surface area contributed by atoms with Crippen LogP contribution in [0.3, 0.4) is 0 Å². The zero-order valence-electron chi connectivity index (χ0n) is 12.1. The fraction of sp³-hybridized carbons (Fsp3) is 0.125. The SMILES string of the molecule is Cc1nc2cc(NC(=O)CSc3ccc(F)c(F)c3)ccc2o1. The second-order valence-corrected chi connectivity index (χ2v) is 5.88. The fourth-order valence-electron chi connectivity index (χ4n) is 2.03. The van der Waals surface area contributed by atoms with Crippen molar-refractivity contribution in [2.45, 2.75) is 11.8 Å². The molecule has 23 heavy (non-hydrogen) atoms. The van der Waals surface area contributed by atoms with E-state index in [1.165, 1.54) is 6.07 Å². The number of hydrogen-bond acceptors (Lipinski definition) is 4. The van der Waals surface area contributed by atoms with Crippen molar-refractivity contribution in [1.29, 1.82) is 0 Å². The van der Waals surface area contributed by atoms with E-state index in [9.17, 15) is 13.6 Å². The van der Waals surface area contributed by atoms with Crippen molar-refractivity contribution in [2.75, 3.05) is 11.1 Å². The van der Waals surface area contributed by atoms with Crippen molar-refractivity contribution in [2.24, 2.45) is 0 Å². The summed E-state index contributed by atoms with van der Waals surface area (Å²) in [5.41, 5.74) is 1.91. The van der Waals surface area contributed by atoms with Gasteiger partial charge in [0.05, 0.1) is 5.75 Å². The molecule has 0 bridgehead atoms. The first-order valence-electron chi connectivity index (χ1n) is 6.76. The van der Waals surface area contributed by atoms with Crippen LogP contribution in [0.2, 0.25) is 0 Å². The number of aromatic nitrogens is 1. The van der Waals surface area contributed by atoms with E-state index in [1.807, 2.05) is 0 Å². The Morgan fingerprint density at radius 2 is 2.04 bits per heavy atom. The Bertz CT molecular complexity index is 880. The van der Waals surface area contributed by atoms with Gasteiger partial charge in [-0.1, -0.05) is 0 Å². The number of halogens is 2. The summed E-state index contributed by atoms with van der Waals surface area (Å²) < 4.78 is 31.3. The van der Waals surface area contributed by atoms with Gasteiger partial charge < -0.3 is 9.73 Å². The van der Waals surface area contributed by atoms with Gasteiger partial charge in [0, 0.05) is 17.5 Å². The molecule has 1 N–H and O–H groups in total. The number of nitrogens with one attached hydrogen (secondary N) is 1. The van der Waals surface area contributed by atoms with E-state index in [2.05, 4.69) is 10.3 Å². The molecule has 0 unspecified atom stereocenters. The monoisotopic (exact) mass is 334 g/mol. The Kier molecular flexibility index (Phi) is 4.29. The van der Waals surface area contributed by atoms with E-state index < -0.39 is 11.6 Å². The standard InChI is InChI=1S/C16H12F2N2O2S/c1-9-19-14-6-10(2-5-15(14)22-9)20-16(21)8-23-11-3-4-12(17)13(18)7-11/h2-7H,8H2,1H3,(H,20,21). The summed E-state index contributed by atoms with van der Waals surface area (Å²) in [4.78, 5) is 16.6. The fourth-order valence-corrected chi connectivity index (χ4v) is 2.75. The third-order valence-electron chi connectivity index (χ3n) is 3.04. The van der Waals surface area contributed by atoms with Crippen LogP contribution in [-0.4, -0.2) is 16.6 Å². The minimum absolute atomic E-state index is 0.0843. The third-order valence-corrected chi connectivity index (χ3v) is 4.03. The molecule has 3 rings (SSSR count). The number of rotatable bonds is 4. The third kappa shape index (κ3) is 3.68. The van der Waals surface area contributed by atoms with Crippen molar-refractivity contribution < 1.29 is 18.0 Å². The summed E-state index contributed by atoms with van der Waals surface area (Å²) in [5.74, 6) is -1.45. The molecular formula is C16H12F2N2O2S. The molecule has 0 aliphatic rings. The zero-order valence-corrected chi connectivity index (χ0v) is 12.9. The van der Waals surface area contributed by atoms with Gasteiger partial charge in [-0.15, -0.1) is 11.8 Å². The molecule has 118 valence electrons. The first-order valence-corrected chi connectivity index (χ1v) is 7.75. The number of anilines is 1. The quantitative estimate of drug-likeness (QED) is 0.729. The van der Waals surface area contributed by atoms with Crippen molar-refractivity contribution in [3.8, 4) is 0 Å². The van der Waals surface area contributed by atoms with Gasteiger partial charge in [-0.2, -0.15) is 0 Å². The van der Waals surface area contributed by atoms with Crippen LogP contribution in [0.5, 0.6) is 0 Å². The van der Waals surface area contributed by atoms with Gasteiger partial charge in [0.15, 0.2) is 23.1 Å². The van der Waals surface area contributed by atoms with Crippen LogP contribution in [0.4, 0.5) is 14.5 Å². The van der Waals surface area contributed by atoms with E-state index >= 15 is 0 Å². The minimum Gasteiger partial charge on any atom is -0.441 e. The average Bonchev–Trinajstić information content (AvgIpc) is 2.88. The molecule has 7 heteroatoms. The molecule has 0 aliphatic heterocycles. The maximum atomic E-state index is 13.1. The number of aryl methyl sites for hydroxylation is 1. The van der Waals surface area contributed by atoms with E-state index in [-0.39, 0.29) is 11.7 Å². The highest BCUT2D eigenvalue weighted by molar-refractivity contribution is 8.00. The number of benzene rings is 2. The molecular weight excluding hydrogens is 322 g/mol. The molecule has 1 amide bonds. The summed E-state index contributed by atoms with van der Waals surface area (Å²) in [6.45, 7) is 1.75. The maximum absolute atomic E-state index is 13.1. The van der Waals surface area contributed by atoms with E-state index in [4.69, 9.17) is 4.42 Å². The number of hydrogen-bond donors (Lipinski definition) is 1. The summed E-state index contributed by atoms with van der Waals surface area (Å²) in [5, 5.41) is 2.73. The Morgan fingerprint density at radius 1 is 1.22 bits per heavy atom. The molecule has 3 aromatic rings. The van der Waals surface area contributed by atoms with Gasteiger partial charge in [-0.25, -0.2) is 13.8 Å². The predicted molar refractivity (Wildman–Crippen MR) is 84.5 cm³/mol. The van der Waals surface area contributed by atoms with Crippen LogP contribution in [-0.2, 0) is 4.79 Å². The van der Waals surface area contributed by atoms with Gasteiger partial charge >= 0.3 is 0 Å². The van der Waals surface area contributed by atoms with E-state index in [0.717, 1.165) is 23.9 Å². The predicted octanol–water partition coefficient (Wildman–Crippen LogP) is 4.15. The number of amides is 1. The highest BCUT2D eigenvalue weighted by atomic mass is 32.2. The number of carbonyl (C=O) groups is 1. The Hall–Kier alpha value is -2.41. The van der Waals surface area contributed by atoms with Gasteiger partial charge in [0.1, 0.15) is 5.52 Å². The molecule has 0 saturated heterocycles. The van der Waals surface area contributed by atoms with Crippen LogP contribution >= 0.6 is 11.8 Å². The van der Waals surface area contributed by atoms with Gasteiger partial charge in [0.2, 0.25) is 5.91 Å². The van der Waals surface area contributed by atoms with Crippen molar-refractivity contribution >= 4 is 34.5 Å². The van der Waals surface area contributed by atoms with Crippen LogP contribution in [0.25, 0.3) is 11.1 Å². The largest absolute Gasteiger partial charge is 0.441 e.